The fraction of sp³-hybridized carbons (Fsp3) is 0.309. The highest BCUT2D eigenvalue weighted by Crippen LogP contribution is 2.41. The number of ether oxygens (including phenoxy) is 4. The summed E-state index contributed by atoms with van der Waals surface area (Å²) in [6.07, 6.45) is 2.82. The first kappa shape index (κ1) is 47.6. The van der Waals surface area contributed by atoms with Crippen LogP contribution in [0.5, 0.6) is 23.0 Å². The largest absolute Gasteiger partial charge is 0.497 e. The molecular weight excluding hydrogens is 906 g/mol. The maximum Gasteiger partial charge on any atom is 0.255 e. The zero-order chi connectivity index (χ0) is 48.2. The van der Waals surface area contributed by atoms with Crippen molar-refractivity contribution in [2.75, 3.05) is 66.4 Å². The summed E-state index contributed by atoms with van der Waals surface area (Å²) in [4.78, 5) is 25.0. The number of aromatic nitrogens is 3. The number of anilines is 1. The first-order valence-corrected chi connectivity index (χ1v) is 24.6. The molecule has 12 nitrogen and oxygen atoms in total. The Morgan fingerprint density at radius 1 is 0.812 bits per heavy atom. The molecule has 1 atom stereocenters. The first-order valence-electron chi connectivity index (χ1n) is 23.4. The minimum atomic E-state index is -0.232. The van der Waals surface area contributed by atoms with Crippen molar-refractivity contribution in [1.82, 2.24) is 24.6 Å². The van der Waals surface area contributed by atoms with Gasteiger partial charge in [0.05, 0.1) is 19.9 Å². The van der Waals surface area contributed by atoms with Gasteiger partial charge in [-0.05, 0) is 138 Å². The second-order valence-electron chi connectivity index (χ2n) is 17.8. The summed E-state index contributed by atoms with van der Waals surface area (Å²) in [5.41, 5.74) is 9.04. The lowest BCUT2D eigenvalue weighted by Gasteiger charge is -2.29. The van der Waals surface area contributed by atoms with E-state index >= 15 is 0 Å². The van der Waals surface area contributed by atoms with Crippen LogP contribution in [0.4, 0.5) is 5.69 Å². The van der Waals surface area contributed by atoms with E-state index in [0.29, 0.717) is 35.2 Å². The summed E-state index contributed by atoms with van der Waals surface area (Å²) >= 11 is 8.11. The molecule has 14 heteroatoms. The van der Waals surface area contributed by atoms with E-state index in [-0.39, 0.29) is 18.1 Å². The van der Waals surface area contributed by atoms with E-state index in [4.69, 9.17) is 40.6 Å². The van der Waals surface area contributed by atoms with Crippen molar-refractivity contribution in [1.29, 1.82) is 0 Å². The molecular formula is C55H58ClN7O5S. The van der Waals surface area contributed by atoms with Crippen LogP contribution in [0.25, 0.3) is 27.3 Å². The van der Waals surface area contributed by atoms with E-state index in [2.05, 4.69) is 70.9 Å². The number of nitrogens with zero attached hydrogens (tertiary/aromatic N) is 6. The molecule has 0 bridgehead atoms. The number of likely N-dealkylation sites (tertiary alicyclic amines) is 1. The van der Waals surface area contributed by atoms with E-state index in [1.54, 1.807) is 31.6 Å². The van der Waals surface area contributed by atoms with Crippen molar-refractivity contribution >= 4 is 40.2 Å². The van der Waals surface area contributed by atoms with Gasteiger partial charge in [-0.3, -0.25) is 14.4 Å². The Bertz CT molecular complexity index is 2980. The number of methoxy groups -OCH3 is 2. The summed E-state index contributed by atoms with van der Waals surface area (Å²) in [6.45, 7) is 10.2. The predicted molar refractivity (Wildman–Crippen MR) is 277 cm³/mol. The van der Waals surface area contributed by atoms with Gasteiger partial charge in [0.1, 0.15) is 52.6 Å². The number of hydrogen-bond acceptors (Lipinski definition) is 11. The van der Waals surface area contributed by atoms with Crippen molar-refractivity contribution in [3.8, 4) is 50.3 Å². The highest BCUT2D eigenvalue weighted by atomic mass is 35.5. The third-order valence-electron chi connectivity index (χ3n) is 13.1. The van der Waals surface area contributed by atoms with Crippen LogP contribution in [0, 0.1) is 20.8 Å². The van der Waals surface area contributed by atoms with E-state index in [9.17, 15) is 4.79 Å². The average molecular weight is 965 g/mol. The zero-order valence-corrected chi connectivity index (χ0v) is 41.8. The van der Waals surface area contributed by atoms with Crippen LogP contribution >= 0.6 is 22.9 Å². The van der Waals surface area contributed by atoms with Gasteiger partial charge in [-0.1, -0.05) is 48.0 Å². The third kappa shape index (κ3) is 10.6. The molecule has 1 N–H and O–H groups in total. The number of carbonyl (C=O) groups excluding carboxylic acids is 1. The number of aryl methyl sites for hydroxylation is 2. The predicted octanol–water partition coefficient (Wildman–Crippen LogP) is 11.3. The molecule has 2 aromatic heterocycles. The fourth-order valence-corrected chi connectivity index (χ4v) is 10.3. The topological polar surface area (TPSA) is 116 Å². The number of aliphatic imine (C=N–C) groups is 1. The smallest absolute Gasteiger partial charge is 0.255 e. The maximum atomic E-state index is 13.6. The Balaban J connectivity index is 0.905. The van der Waals surface area contributed by atoms with Gasteiger partial charge >= 0.3 is 0 Å². The van der Waals surface area contributed by atoms with Crippen molar-refractivity contribution in [2.24, 2.45) is 4.99 Å². The SMILES string of the molecule is COc1cccc(-c2cc(C(=O)Nc3ccc(-c4ccc(OC5CCN(C)CC5)cc4OCCN(C)CC[C@@H]4N=C(c5ccc(Cl)cc5)c5c(sc(C)c5C)-n5c(C)nnc54)cc3)ccc2OC)c1. The monoisotopic (exact) mass is 963 g/mol. The minimum absolute atomic E-state index is 0.145. The maximum absolute atomic E-state index is 13.6. The number of piperidine rings is 1. The van der Waals surface area contributed by atoms with Crippen LogP contribution < -0.4 is 24.3 Å². The average Bonchev–Trinajstić information content (AvgIpc) is 3.84. The number of hydrogen-bond donors (Lipinski definition) is 1. The molecule has 5 aromatic carbocycles. The number of nitrogens with one attached hydrogen (secondary N) is 1. The zero-order valence-electron chi connectivity index (χ0n) is 40.2. The Morgan fingerprint density at radius 2 is 1.58 bits per heavy atom. The number of benzene rings is 5. The van der Waals surface area contributed by atoms with Gasteiger partial charge in [0.2, 0.25) is 0 Å². The molecule has 0 spiro atoms. The second kappa shape index (κ2) is 21.0. The van der Waals surface area contributed by atoms with Crippen LogP contribution in [0.1, 0.15) is 68.9 Å². The van der Waals surface area contributed by atoms with Crippen molar-refractivity contribution in [3.05, 3.63) is 153 Å². The van der Waals surface area contributed by atoms with E-state index < -0.39 is 0 Å². The molecule has 1 fully saturated rings. The number of carbonyl (C=O) groups is 1. The number of halogens is 1. The molecule has 2 aliphatic heterocycles. The van der Waals surface area contributed by atoms with Gasteiger partial charge < -0.3 is 34.1 Å². The van der Waals surface area contributed by atoms with Crippen molar-refractivity contribution in [3.63, 3.8) is 0 Å². The molecule has 69 heavy (non-hydrogen) atoms. The molecule has 9 rings (SSSR count). The summed E-state index contributed by atoms with van der Waals surface area (Å²) in [6, 6.07) is 34.8. The highest BCUT2D eigenvalue weighted by molar-refractivity contribution is 7.15. The molecule has 7 aromatic rings. The number of thiophene rings is 1. The molecule has 0 saturated carbocycles. The Morgan fingerprint density at radius 3 is 2.33 bits per heavy atom. The van der Waals surface area contributed by atoms with Crippen LogP contribution in [0.15, 0.2) is 114 Å². The van der Waals surface area contributed by atoms with Gasteiger partial charge in [-0.25, -0.2) is 0 Å². The first-order chi connectivity index (χ1) is 33.5. The third-order valence-corrected chi connectivity index (χ3v) is 14.5. The molecule has 1 saturated heterocycles. The molecule has 1 amide bonds. The van der Waals surface area contributed by atoms with E-state index in [0.717, 1.165) is 112 Å². The van der Waals surface area contributed by atoms with Gasteiger partial charge in [0, 0.05) is 75.6 Å². The Hall–Kier alpha value is -6.51. The van der Waals surface area contributed by atoms with E-state index in [1.807, 2.05) is 91.9 Å². The Kier molecular flexibility index (Phi) is 14.5. The molecule has 0 unspecified atom stereocenters. The van der Waals surface area contributed by atoms with Crippen LogP contribution in [-0.4, -0.2) is 103 Å². The van der Waals surface area contributed by atoms with Gasteiger partial charge in [0.25, 0.3) is 5.91 Å². The van der Waals surface area contributed by atoms with Crippen LogP contribution in [-0.2, 0) is 0 Å². The lowest BCUT2D eigenvalue weighted by atomic mass is 9.99. The van der Waals surface area contributed by atoms with Crippen molar-refractivity contribution < 1.29 is 23.7 Å². The summed E-state index contributed by atoms with van der Waals surface area (Å²) in [5, 5.41) is 14.1. The van der Waals surface area contributed by atoms with Gasteiger partial charge in [0.15, 0.2) is 5.82 Å². The van der Waals surface area contributed by atoms with E-state index in [1.165, 1.54) is 10.4 Å². The second-order valence-corrected chi connectivity index (χ2v) is 19.4. The number of amides is 1. The van der Waals surface area contributed by atoms with Crippen molar-refractivity contribution in [2.45, 2.75) is 52.2 Å². The molecule has 4 heterocycles. The lowest BCUT2D eigenvalue weighted by molar-refractivity contribution is 0.102. The summed E-state index contributed by atoms with van der Waals surface area (Å²) < 4.78 is 26.5. The fourth-order valence-electron chi connectivity index (χ4n) is 8.99. The highest BCUT2D eigenvalue weighted by Gasteiger charge is 2.31. The molecule has 0 aliphatic carbocycles. The molecule has 2 aliphatic rings. The molecule has 0 radical (unpaired) electrons. The normalized spacial score (nSPS) is 15.0. The number of fused-ring (bicyclic) bond motifs is 3. The van der Waals surface area contributed by atoms with Gasteiger partial charge in [-0.2, -0.15) is 0 Å². The number of rotatable bonds is 16. The minimum Gasteiger partial charge on any atom is -0.497 e. The Labute approximate surface area is 413 Å². The summed E-state index contributed by atoms with van der Waals surface area (Å²) in [5.74, 6) is 4.36. The van der Waals surface area contributed by atoms with Crippen LogP contribution in [0.2, 0.25) is 5.02 Å². The standard InChI is InChI=1S/C55H58ClN7O5S/c1-34-35(2)69-55-51(34)52(38-11-16-41(56)17-12-38)58-48(53-60-59-36(3)63(53)55)25-28-62(5)29-30-67-50-33-45(68-43-23-26-61(4)27-24-43)20-21-46(50)37-13-18-42(19-14-37)57-54(64)40-15-22-49(66-7)47(32-40)39-9-8-10-44(31-39)65-6/h8-22,31-33,43,48H,23-30H2,1-7H3,(H,57,64)/t48-/m0/s1. The lowest BCUT2D eigenvalue weighted by Crippen LogP contribution is -2.35. The number of likely N-dealkylation sites (N-methyl/N-ethyl adjacent to an activating group) is 1. The quantitative estimate of drug-likeness (QED) is 0.101. The molecule has 356 valence electrons. The van der Waals surface area contributed by atoms with Crippen LogP contribution in [0.3, 0.4) is 0 Å². The summed E-state index contributed by atoms with van der Waals surface area (Å²) in [7, 11) is 7.52. The van der Waals surface area contributed by atoms with Gasteiger partial charge in [-0.15, -0.1) is 21.5 Å².